The van der Waals surface area contributed by atoms with Crippen molar-refractivity contribution in [1.29, 1.82) is 0 Å². The van der Waals surface area contributed by atoms with Crippen LogP contribution in [0.2, 0.25) is 0 Å². The summed E-state index contributed by atoms with van der Waals surface area (Å²) in [6.45, 7) is 6.73. The summed E-state index contributed by atoms with van der Waals surface area (Å²) in [6, 6.07) is 3.84. The number of hydrogen-bond acceptors (Lipinski definition) is 3. The summed E-state index contributed by atoms with van der Waals surface area (Å²) in [5, 5.41) is 3.37. The molecule has 0 bridgehead atoms. The Bertz CT molecular complexity index is 547. The summed E-state index contributed by atoms with van der Waals surface area (Å²) in [5.41, 5.74) is 3.91. The van der Waals surface area contributed by atoms with Gasteiger partial charge in [-0.15, -0.1) is 0 Å². The highest BCUT2D eigenvalue weighted by atomic mass is 79.9. The molecule has 1 aromatic carbocycles. The molecule has 0 atom stereocenters. The Balaban J connectivity index is 1.93. The van der Waals surface area contributed by atoms with Gasteiger partial charge in [0.15, 0.2) is 0 Å². The summed E-state index contributed by atoms with van der Waals surface area (Å²) in [4.78, 5) is 11.5. The third kappa shape index (κ3) is 2.23. The largest absolute Gasteiger partial charge is 0.457 e. The predicted molar refractivity (Wildman–Crippen MR) is 77.9 cm³/mol. The van der Waals surface area contributed by atoms with Crippen LogP contribution >= 0.6 is 15.9 Å². The highest BCUT2D eigenvalue weighted by Gasteiger charge is 2.27. The van der Waals surface area contributed by atoms with Crippen LogP contribution in [0.4, 0.5) is 0 Å². The molecule has 19 heavy (non-hydrogen) atoms. The summed E-state index contributed by atoms with van der Waals surface area (Å²) in [6.07, 6.45) is 2.25. The van der Waals surface area contributed by atoms with E-state index in [9.17, 15) is 4.79 Å². The van der Waals surface area contributed by atoms with Gasteiger partial charge in [-0.3, -0.25) is 0 Å². The number of carbonyl (C=O) groups excluding carboxylic acids is 1. The SMILES string of the molecule is C=C(c1ccc2c(c1Br)COC2=O)C1CCNCC1. The zero-order chi connectivity index (χ0) is 13.4. The Labute approximate surface area is 121 Å². The van der Waals surface area contributed by atoms with Gasteiger partial charge in [0.2, 0.25) is 0 Å². The van der Waals surface area contributed by atoms with E-state index in [0.717, 1.165) is 47.1 Å². The number of esters is 1. The fourth-order valence-corrected chi connectivity index (χ4v) is 3.52. The van der Waals surface area contributed by atoms with E-state index >= 15 is 0 Å². The number of cyclic esters (lactones) is 1. The van der Waals surface area contributed by atoms with E-state index in [4.69, 9.17) is 4.74 Å². The fraction of sp³-hybridized carbons (Fsp3) is 0.400. The first-order valence-electron chi connectivity index (χ1n) is 6.57. The van der Waals surface area contributed by atoms with Crippen molar-refractivity contribution in [3.8, 4) is 0 Å². The first-order valence-corrected chi connectivity index (χ1v) is 7.36. The van der Waals surface area contributed by atoms with E-state index in [-0.39, 0.29) is 5.97 Å². The van der Waals surface area contributed by atoms with Crippen molar-refractivity contribution >= 4 is 27.5 Å². The second-order valence-corrected chi connectivity index (χ2v) is 5.87. The zero-order valence-electron chi connectivity index (χ0n) is 10.7. The van der Waals surface area contributed by atoms with E-state index in [2.05, 4.69) is 27.8 Å². The molecule has 2 aliphatic heterocycles. The van der Waals surface area contributed by atoms with Crippen molar-refractivity contribution in [3.05, 3.63) is 39.9 Å². The van der Waals surface area contributed by atoms with Gasteiger partial charge in [0.1, 0.15) is 6.61 Å². The Kier molecular flexibility index (Phi) is 3.46. The van der Waals surface area contributed by atoms with Gasteiger partial charge >= 0.3 is 5.97 Å². The maximum Gasteiger partial charge on any atom is 0.338 e. The average Bonchev–Trinajstić information content (AvgIpc) is 2.82. The highest BCUT2D eigenvalue weighted by molar-refractivity contribution is 9.10. The minimum atomic E-state index is -0.227. The summed E-state index contributed by atoms with van der Waals surface area (Å²) in [7, 11) is 0. The second kappa shape index (κ2) is 5.10. The van der Waals surface area contributed by atoms with Gasteiger partial charge in [0, 0.05) is 10.0 Å². The lowest BCUT2D eigenvalue weighted by Gasteiger charge is -2.25. The third-order valence-electron chi connectivity index (χ3n) is 3.99. The summed E-state index contributed by atoms with van der Waals surface area (Å²) in [5.74, 6) is 0.295. The molecule has 0 aliphatic carbocycles. The van der Waals surface area contributed by atoms with Crippen LogP contribution in [0.5, 0.6) is 0 Å². The minimum Gasteiger partial charge on any atom is -0.457 e. The molecule has 3 rings (SSSR count). The molecular formula is C15H16BrNO2. The quantitative estimate of drug-likeness (QED) is 0.850. The monoisotopic (exact) mass is 321 g/mol. The van der Waals surface area contributed by atoms with E-state index in [0.29, 0.717) is 18.1 Å². The molecule has 0 amide bonds. The first kappa shape index (κ1) is 12.9. The van der Waals surface area contributed by atoms with Crippen molar-refractivity contribution in [2.24, 2.45) is 5.92 Å². The average molecular weight is 322 g/mol. The lowest BCUT2D eigenvalue weighted by Crippen LogP contribution is -2.28. The summed E-state index contributed by atoms with van der Waals surface area (Å²) >= 11 is 3.62. The first-order chi connectivity index (χ1) is 9.18. The van der Waals surface area contributed by atoms with Gasteiger partial charge in [-0.25, -0.2) is 4.79 Å². The Morgan fingerprint density at radius 1 is 1.37 bits per heavy atom. The maximum atomic E-state index is 11.5. The van der Waals surface area contributed by atoms with E-state index in [1.54, 1.807) is 0 Å². The molecule has 2 aliphatic rings. The van der Waals surface area contributed by atoms with Crippen LogP contribution in [0.1, 0.15) is 34.3 Å². The molecule has 0 radical (unpaired) electrons. The van der Waals surface area contributed by atoms with Crippen LogP contribution in [-0.2, 0) is 11.3 Å². The number of rotatable bonds is 2. The molecule has 0 aromatic heterocycles. The normalized spacial score (nSPS) is 19.1. The molecule has 1 N–H and O–H groups in total. The number of benzene rings is 1. The van der Waals surface area contributed by atoms with Gasteiger partial charge in [-0.05, 0) is 65.0 Å². The van der Waals surface area contributed by atoms with Crippen LogP contribution in [-0.4, -0.2) is 19.1 Å². The van der Waals surface area contributed by atoms with Crippen molar-refractivity contribution in [3.63, 3.8) is 0 Å². The highest BCUT2D eigenvalue weighted by Crippen LogP contribution is 2.37. The molecule has 100 valence electrons. The molecule has 4 heteroatoms. The molecule has 0 unspecified atom stereocenters. The van der Waals surface area contributed by atoms with Crippen molar-refractivity contribution < 1.29 is 9.53 Å². The molecule has 2 heterocycles. The predicted octanol–water partition coefficient (Wildman–Crippen LogP) is 3.13. The number of piperidine rings is 1. The second-order valence-electron chi connectivity index (χ2n) is 5.08. The van der Waals surface area contributed by atoms with Crippen molar-refractivity contribution in [2.75, 3.05) is 13.1 Å². The zero-order valence-corrected chi connectivity index (χ0v) is 12.3. The van der Waals surface area contributed by atoms with E-state index in [1.807, 2.05) is 12.1 Å². The third-order valence-corrected chi connectivity index (χ3v) is 4.89. The topological polar surface area (TPSA) is 38.3 Å². The Morgan fingerprint density at radius 3 is 2.84 bits per heavy atom. The molecular weight excluding hydrogens is 306 g/mol. The van der Waals surface area contributed by atoms with Crippen LogP contribution in [0.15, 0.2) is 23.2 Å². The van der Waals surface area contributed by atoms with Gasteiger partial charge in [0.25, 0.3) is 0 Å². The number of allylic oxidation sites excluding steroid dienone is 1. The van der Waals surface area contributed by atoms with Crippen LogP contribution in [0.3, 0.4) is 0 Å². The number of halogens is 1. The minimum absolute atomic E-state index is 0.227. The lowest BCUT2D eigenvalue weighted by molar-refractivity contribution is 0.0535. The molecule has 1 saturated heterocycles. The molecule has 1 fully saturated rings. The van der Waals surface area contributed by atoms with Crippen molar-refractivity contribution in [2.45, 2.75) is 19.4 Å². The van der Waals surface area contributed by atoms with Gasteiger partial charge in [-0.1, -0.05) is 12.6 Å². The van der Waals surface area contributed by atoms with Crippen LogP contribution in [0, 0.1) is 5.92 Å². The van der Waals surface area contributed by atoms with E-state index in [1.165, 1.54) is 0 Å². The van der Waals surface area contributed by atoms with E-state index < -0.39 is 0 Å². The maximum absolute atomic E-state index is 11.5. The smallest absolute Gasteiger partial charge is 0.338 e. The van der Waals surface area contributed by atoms with Crippen LogP contribution < -0.4 is 5.32 Å². The van der Waals surface area contributed by atoms with Gasteiger partial charge < -0.3 is 10.1 Å². The number of hydrogen-bond donors (Lipinski definition) is 1. The molecule has 3 nitrogen and oxygen atoms in total. The number of ether oxygens (including phenoxy) is 1. The van der Waals surface area contributed by atoms with Gasteiger partial charge in [-0.2, -0.15) is 0 Å². The molecule has 1 aromatic rings. The Hall–Kier alpha value is -1.13. The van der Waals surface area contributed by atoms with Gasteiger partial charge in [0.05, 0.1) is 5.56 Å². The molecule has 0 saturated carbocycles. The summed E-state index contributed by atoms with van der Waals surface area (Å²) < 4.78 is 6.05. The number of fused-ring (bicyclic) bond motifs is 1. The molecule has 0 spiro atoms. The van der Waals surface area contributed by atoms with Crippen molar-refractivity contribution in [1.82, 2.24) is 5.32 Å². The standard InChI is InChI=1S/C15H16BrNO2/c1-9(10-4-6-17-7-5-10)11-2-3-12-13(14(11)16)8-19-15(12)18/h2-3,10,17H,1,4-8H2. The number of nitrogens with one attached hydrogen (secondary N) is 1. The fourth-order valence-electron chi connectivity index (χ4n) is 2.81. The Morgan fingerprint density at radius 2 is 2.11 bits per heavy atom. The van der Waals surface area contributed by atoms with Crippen LogP contribution in [0.25, 0.3) is 5.57 Å². The lowest BCUT2D eigenvalue weighted by atomic mass is 9.86. The number of carbonyl (C=O) groups is 1.